The molecule has 0 rings (SSSR count). The fourth-order valence-electron chi connectivity index (χ4n) is 3.93. The largest absolute Gasteiger partial charge is 0.355 e. The van der Waals surface area contributed by atoms with Gasteiger partial charge in [-0.3, -0.25) is 4.79 Å². The van der Waals surface area contributed by atoms with E-state index >= 15 is 0 Å². The molecule has 0 bridgehead atoms. The van der Waals surface area contributed by atoms with Crippen molar-refractivity contribution in [3.8, 4) is 0 Å². The molecule has 0 saturated heterocycles. The molecule has 0 spiro atoms. The summed E-state index contributed by atoms with van der Waals surface area (Å²) in [5.41, 5.74) is 5.63. The topological polar surface area (TPSA) is 58.4 Å². The van der Waals surface area contributed by atoms with Gasteiger partial charge >= 0.3 is 0 Å². The maximum absolute atomic E-state index is 11.9. The van der Waals surface area contributed by atoms with Gasteiger partial charge in [0.05, 0.1) is 0 Å². The molecule has 174 valence electrons. The van der Waals surface area contributed by atoms with E-state index in [4.69, 9.17) is 5.73 Å². The first-order valence-electron chi connectivity index (χ1n) is 12.9. The summed E-state index contributed by atoms with van der Waals surface area (Å²) in [4.78, 5) is 14.2. The summed E-state index contributed by atoms with van der Waals surface area (Å²) >= 11 is 0. The van der Waals surface area contributed by atoms with Crippen molar-refractivity contribution < 1.29 is 4.79 Å². The van der Waals surface area contributed by atoms with Crippen molar-refractivity contribution >= 4 is 5.91 Å². The summed E-state index contributed by atoms with van der Waals surface area (Å²) in [5.74, 6) is 0.212. The van der Waals surface area contributed by atoms with Gasteiger partial charge in [-0.2, -0.15) is 0 Å². The van der Waals surface area contributed by atoms with Crippen LogP contribution in [0.2, 0.25) is 0 Å². The van der Waals surface area contributed by atoms with Crippen LogP contribution in [-0.4, -0.2) is 43.5 Å². The fourth-order valence-corrected chi connectivity index (χ4v) is 3.93. The zero-order valence-electron chi connectivity index (χ0n) is 20.0. The number of hydrogen-bond donors (Lipinski definition) is 2. The van der Waals surface area contributed by atoms with Crippen molar-refractivity contribution in [2.24, 2.45) is 5.73 Å². The molecule has 0 atom stereocenters. The zero-order chi connectivity index (χ0) is 21.4. The zero-order valence-corrected chi connectivity index (χ0v) is 20.0. The average Bonchev–Trinajstić information content (AvgIpc) is 2.71. The molecule has 0 aliphatic heterocycles. The lowest BCUT2D eigenvalue weighted by molar-refractivity contribution is -0.121. The van der Waals surface area contributed by atoms with Gasteiger partial charge in [0.2, 0.25) is 5.91 Å². The number of carbonyl (C=O) groups excluding carboxylic acids is 1. The van der Waals surface area contributed by atoms with Crippen LogP contribution >= 0.6 is 0 Å². The molecule has 0 aliphatic rings. The number of carbonyl (C=O) groups is 1. The lowest BCUT2D eigenvalue weighted by Gasteiger charge is -2.20. The molecule has 0 fully saturated rings. The molecule has 0 aromatic heterocycles. The van der Waals surface area contributed by atoms with Gasteiger partial charge in [-0.05, 0) is 19.4 Å². The first kappa shape index (κ1) is 28.4. The molecular formula is C25H53N3O. The Kier molecular flexibility index (Phi) is 23.2. The molecule has 0 aromatic rings. The Bertz CT molecular complexity index is 330. The normalized spacial score (nSPS) is 11.3. The van der Waals surface area contributed by atoms with E-state index in [9.17, 15) is 4.79 Å². The smallest absolute Gasteiger partial charge is 0.220 e. The van der Waals surface area contributed by atoms with Gasteiger partial charge < -0.3 is 16.0 Å². The maximum Gasteiger partial charge on any atom is 0.220 e. The van der Waals surface area contributed by atoms with E-state index in [1.807, 2.05) is 0 Å². The van der Waals surface area contributed by atoms with Crippen LogP contribution in [0.1, 0.15) is 123 Å². The van der Waals surface area contributed by atoms with Crippen LogP contribution in [0.3, 0.4) is 0 Å². The molecule has 4 heteroatoms. The third kappa shape index (κ3) is 21.9. The minimum atomic E-state index is 0.212. The highest BCUT2D eigenvalue weighted by Gasteiger charge is 2.04. The Hall–Kier alpha value is -0.610. The lowest BCUT2D eigenvalue weighted by atomic mass is 10.0. The predicted octanol–water partition coefficient (Wildman–Crippen LogP) is 6.03. The van der Waals surface area contributed by atoms with Crippen molar-refractivity contribution in [1.29, 1.82) is 0 Å². The summed E-state index contributed by atoms with van der Waals surface area (Å²) in [7, 11) is 0. The number of nitrogens with two attached hydrogens (primary N) is 1. The van der Waals surface area contributed by atoms with Gasteiger partial charge in [-0.1, -0.05) is 104 Å². The van der Waals surface area contributed by atoms with Gasteiger partial charge in [-0.25, -0.2) is 0 Å². The monoisotopic (exact) mass is 411 g/mol. The highest BCUT2D eigenvalue weighted by molar-refractivity contribution is 5.75. The predicted molar refractivity (Wildman–Crippen MR) is 128 cm³/mol. The molecular weight excluding hydrogens is 358 g/mol. The molecule has 1 amide bonds. The summed E-state index contributed by atoms with van der Waals surface area (Å²) < 4.78 is 0. The van der Waals surface area contributed by atoms with Crippen LogP contribution in [0.15, 0.2) is 0 Å². The number of hydrogen-bond acceptors (Lipinski definition) is 3. The standard InChI is InChI=1S/C25H53N3O/c1-3-5-6-7-8-9-10-11-12-13-14-15-16-17-18-19-25(29)27-21-24-28(22-4-2)23-20-26/h3-24,26H2,1-2H3,(H,27,29). The maximum atomic E-state index is 11.9. The van der Waals surface area contributed by atoms with Crippen LogP contribution < -0.4 is 11.1 Å². The van der Waals surface area contributed by atoms with Gasteiger partial charge in [0.1, 0.15) is 0 Å². The molecule has 29 heavy (non-hydrogen) atoms. The molecule has 0 saturated carbocycles. The van der Waals surface area contributed by atoms with Gasteiger partial charge in [0, 0.05) is 32.6 Å². The number of nitrogens with zero attached hydrogens (tertiary/aromatic N) is 1. The molecule has 0 radical (unpaired) electrons. The Morgan fingerprint density at radius 1 is 0.655 bits per heavy atom. The van der Waals surface area contributed by atoms with E-state index < -0.39 is 0 Å². The first-order valence-corrected chi connectivity index (χ1v) is 12.9. The Balaban J connectivity index is 3.28. The highest BCUT2D eigenvalue weighted by atomic mass is 16.1. The molecule has 4 nitrogen and oxygen atoms in total. The van der Waals surface area contributed by atoms with Gasteiger partial charge in [0.15, 0.2) is 0 Å². The number of amides is 1. The van der Waals surface area contributed by atoms with Crippen LogP contribution in [0.25, 0.3) is 0 Å². The SMILES string of the molecule is CCCCCCCCCCCCCCCCCC(=O)NCCN(CCC)CCN. The second-order valence-corrected chi connectivity index (χ2v) is 8.68. The van der Waals surface area contributed by atoms with E-state index in [2.05, 4.69) is 24.1 Å². The van der Waals surface area contributed by atoms with E-state index in [0.29, 0.717) is 13.0 Å². The first-order chi connectivity index (χ1) is 14.2. The molecule has 0 aromatic carbocycles. The number of nitrogens with one attached hydrogen (secondary N) is 1. The summed E-state index contributed by atoms with van der Waals surface area (Å²) in [5, 5.41) is 3.06. The van der Waals surface area contributed by atoms with Crippen molar-refractivity contribution in [2.45, 2.75) is 123 Å². The van der Waals surface area contributed by atoms with Crippen molar-refractivity contribution in [3.05, 3.63) is 0 Å². The van der Waals surface area contributed by atoms with Crippen LogP contribution in [0, 0.1) is 0 Å². The molecule has 0 aliphatic carbocycles. The third-order valence-corrected chi connectivity index (χ3v) is 5.74. The van der Waals surface area contributed by atoms with Crippen LogP contribution in [0.5, 0.6) is 0 Å². The Morgan fingerprint density at radius 2 is 1.14 bits per heavy atom. The van der Waals surface area contributed by atoms with Crippen molar-refractivity contribution in [3.63, 3.8) is 0 Å². The van der Waals surface area contributed by atoms with Crippen LogP contribution in [0.4, 0.5) is 0 Å². The Morgan fingerprint density at radius 3 is 1.59 bits per heavy atom. The van der Waals surface area contributed by atoms with Crippen LogP contribution in [-0.2, 0) is 4.79 Å². The lowest BCUT2D eigenvalue weighted by Crippen LogP contribution is -2.37. The minimum Gasteiger partial charge on any atom is -0.355 e. The fraction of sp³-hybridized carbons (Fsp3) is 0.960. The number of rotatable bonds is 23. The van der Waals surface area contributed by atoms with E-state index in [1.54, 1.807) is 0 Å². The summed E-state index contributed by atoms with van der Waals surface area (Å²) in [6, 6.07) is 0. The van der Waals surface area contributed by atoms with Gasteiger partial charge in [-0.15, -0.1) is 0 Å². The molecule has 0 heterocycles. The van der Waals surface area contributed by atoms with E-state index in [0.717, 1.165) is 39.0 Å². The highest BCUT2D eigenvalue weighted by Crippen LogP contribution is 2.13. The van der Waals surface area contributed by atoms with E-state index in [1.165, 1.54) is 89.9 Å². The summed E-state index contributed by atoms with van der Waals surface area (Å²) in [6.45, 7) is 8.79. The summed E-state index contributed by atoms with van der Waals surface area (Å²) in [6.07, 6.45) is 22.2. The third-order valence-electron chi connectivity index (χ3n) is 5.74. The average molecular weight is 412 g/mol. The Labute approximate surface area is 182 Å². The second kappa shape index (κ2) is 23.7. The van der Waals surface area contributed by atoms with Gasteiger partial charge in [0.25, 0.3) is 0 Å². The second-order valence-electron chi connectivity index (χ2n) is 8.68. The number of unbranched alkanes of at least 4 members (excludes halogenated alkanes) is 14. The quantitative estimate of drug-likeness (QED) is 0.202. The minimum absolute atomic E-state index is 0.212. The van der Waals surface area contributed by atoms with E-state index in [-0.39, 0.29) is 5.91 Å². The van der Waals surface area contributed by atoms with Crippen molar-refractivity contribution in [2.75, 3.05) is 32.7 Å². The molecule has 0 unspecified atom stereocenters. The molecule has 3 N–H and O–H groups in total. The van der Waals surface area contributed by atoms with Crippen molar-refractivity contribution in [1.82, 2.24) is 10.2 Å².